The molecule has 196 valence electrons. The summed E-state index contributed by atoms with van der Waals surface area (Å²) in [4.78, 5) is 34.3. The van der Waals surface area contributed by atoms with E-state index in [1.54, 1.807) is 6.07 Å². The van der Waals surface area contributed by atoms with Crippen molar-refractivity contribution in [2.45, 2.75) is 18.6 Å². The summed E-state index contributed by atoms with van der Waals surface area (Å²) in [6.07, 6.45) is 2.72. The first-order valence-corrected chi connectivity index (χ1v) is 12.0. The molecule has 0 radical (unpaired) electrons. The summed E-state index contributed by atoms with van der Waals surface area (Å²) in [5.74, 6) is 0.453. The van der Waals surface area contributed by atoms with Crippen LogP contribution in [0.25, 0.3) is 22.2 Å². The Morgan fingerprint density at radius 3 is 2.54 bits per heavy atom. The van der Waals surface area contributed by atoms with Crippen molar-refractivity contribution in [3.63, 3.8) is 0 Å². The first-order chi connectivity index (χ1) is 17.8. The van der Waals surface area contributed by atoms with Gasteiger partial charge in [0.25, 0.3) is 5.56 Å². The van der Waals surface area contributed by atoms with Crippen molar-refractivity contribution in [1.29, 1.82) is 0 Å². The highest BCUT2D eigenvalue weighted by molar-refractivity contribution is 6.41. The molecule has 0 saturated carbocycles. The normalized spacial score (nSPS) is 17.0. The van der Waals surface area contributed by atoms with Gasteiger partial charge in [-0.3, -0.25) is 14.2 Å². The first-order valence-electron chi connectivity index (χ1n) is 11.2. The van der Waals surface area contributed by atoms with E-state index in [0.717, 1.165) is 0 Å². The van der Waals surface area contributed by atoms with Gasteiger partial charge in [-0.05, 0) is 12.1 Å². The third-order valence-electron chi connectivity index (χ3n) is 5.90. The molecular weight excluding hydrogens is 525 g/mol. The molecule has 0 spiro atoms. The molecule has 1 aliphatic heterocycles. The molecule has 3 N–H and O–H groups in total. The number of anilines is 1. The monoisotopic (exact) mass is 549 g/mol. The number of benzene rings is 1. The van der Waals surface area contributed by atoms with Gasteiger partial charge in [-0.15, -0.1) is 0 Å². The van der Waals surface area contributed by atoms with Crippen molar-refractivity contribution in [2.24, 2.45) is 0 Å². The van der Waals surface area contributed by atoms with Crippen LogP contribution in [-0.4, -0.2) is 71.7 Å². The van der Waals surface area contributed by atoms with E-state index in [0.29, 0.717) is 18.6 Å². The molecule has 0 aliphatic carbocycles. The van der Waals surface area contributed by atoms with Gasteiger partial charge in [0, 0.05) is 23.2 Å². The standard InChI is InChI=1S/C24H25Cl2N5O6/c1-4-18(33)28-14-10-37-11-15(14)29-24-27-9-12-7-13(23(34)31(5-6-32)22(12)30-24)19-20(25)16(35-2)8-17(36-3)21(19)26/h4,7-9,14-15,32H,1,5-6,10-11H2,2-3H3,(H,28,33)(H,27,29,30)/t14-,15+/m0/s1. The van der Waals surface area contributed by atoms with E-state index in [2.05, 4.69) is 27.2 Å². The number of carbonyl (C=O) groups excluding carboxylic acids is 1. The number of amides is 1. The van der Waals surface area contributed by atoms with Crippen LogP contribution >= 0.6 is 23.2 Å². The number of hydrogen-bond acceptors (Lipinski definition) is 9. The Labute approximate surface area is 222 Å². The number of fused-ring (bicyclic) bond motifs is 1. The average Bonchev–Trinajstić information content (AvgIpc) is 3.32. The summed E-state index contributed by atoms with van der Waals surface area (Å²) in [6, 6.07) is 2.48. The Kier molecular flexibility index (Phi) is 8.18. The Morgan fingerprint density at radius 1 is 1.24 bits per heavy atom. The molecule has 1 saturated heterocycles. The molecule has 1 aromatic carbocycles. The molecule has 0 bridgehead atoms. The molecule has 1 aliphatic rings. The van der Waals surface area contributed by atoms with Crippen molar-refractivity contribution in [3.05, 3.63) is 51.4 Å². The summed E-state index contributed by atoms with van der Waals surface area (Å²) in [5, 5.41) is 16.4. The maximum atomic E-state index is 13.6. The lowest BCUT2D eigenvalue weighted by Crippen LogP contribution is -2.45. The second kappa shape index (κ2) is 11.3. The second-order valence-corrected chi connectivity index (χ2v) is 8.86. The maximum absolute atomic E-state index is 13.6. The SMILES string of the molecule is C=CC(=O)N[C@H]1COC[C@H]1Nc1ncc2cc(-c3c(Cl)c(OC)cc(OC)c3Cl)c(=O)n(CCO)c2n1. The number of pyridine rings is 1. The fourth-order valence-corrected chi connectivity index (χ4v) is 4.79. The van der Waals surface area contributed by atoms with Gasteiger partial charge in [-0.2, -0.15) is 4.98 Å². The summed E-state index contributed by atoms with van der Waals surface area (Å²) in [7, 11) is 2.88. The molecule has 1 amide bonds. The van der Waals surface area contributed by atoms with E-state index < -0.39 is 5.56 Å². The second-order valence-electron chi connectivity index (χ2n) is 8.10. The van der Waals surface area contributed by atoms with Crippen LogP contribution in [0.5, 0.6) is 11.5 Å². The third-order valence-corrected chi connectivity index (χ3v) is 6.65. The van der Waals surface area contributed by atoms with E-state index in [4.69, 9.17) is 37.4 Å². The number of aliphatic hydroxyl groups excluding tert-OH is 1. The van der Waals surface area contributed by atoms with Crippen molar-refractivity contribution >= 4 is 46.1 Å². The lowest BCUT2D eigenvalue weighted by molar-refractivity contribution is -0.117. The van der Waals surface area contributed by atoms with Crippen LogP contribution in [0, 0.1) is 0 Å². The minimum atomic E-state index is -0.481. The Morgan fingerprint density at radius 2 is 1.92 bits per heavy atom. The zero-order chi connectivity index (χ0) is 26.7. The van der Waals surface area contributed by atoms with Crippen LogP contribution in [0.4, 0.5) is 5.95 Å². The molecule has 4 rings (SSSR count). The van der Waals surface area contributed by atoms with E-state index in [1.165, 1.54) is 37.1 Å². The number of methoxy groups -OCH3 is 2. The number of ether oxygens (including phenoxy) is 3. The number of aromatic nitrogens is 3. The fraction of sp³-hybridized carbons (Fsp3) is 0.333. The first kappa shape index (κ1) is 26.7. The van der Waals surface area contributed by atoms with Crippen LogP contribution in [0.2, 0.25) is 10.0 Å². The Bertz CT molecular complexity index is 1380. The van der Waals surface area contributed by atoms with Gasteiger partial charge in [0.1, 0.15) is 17.1 Å². The molecule has 0 unspecified atom stereocenters. The number of nitrogens with zero attached hydrogens (tertiary/aromatic N) is 3. The van der Waals surface area contributed by atoms with Gasteiger partial charge >= 0.3 is 0 Å². The quantitative estimate of drug-likeness (QED) is 0.343. The van der Waals surface area contributed by atoms with E-state index in [9.17, 15) is 14.7 Å². The van der Waals surface area contributed by atoms with Gasteiger partial charge in [-0.25, -0.2) is 4.98 Å². The number of nitrogens with one attached hydrogen (secondary N) is 2. The predicted molar refractivity (Wildman–Crippen MR) is 140 cm³/mol. The lowest BCUT2D eigenvalue weighted by atomic mass is 10.0. The molecule has 2 atom stereocenters. The zero-order valence-electron chi connectivity index (χ0n) is 20.1. The molecule has 11 nitrogen and oxygen atoms in total. The minimum Gasteiger partial charge on any atom is -0.495 e. The van der Waals surface area contributed by atoms with Crippen LogP contribution in [0.15, 0.2) is 35.8 Å². The number of hydrogen-bond donors (Lipinski definition) is 3. The summed E-state index contributed by atoms with van der Waals surface area (Å²) in [6.45, 7) is 3.73. The smallest absolute Gasteiger partial charge is 0.260 e. The summed E-state index contributed by atoms with van der Waals surface area (Å²) < 4.78 is 17.5. The maximum Gasteiger partial charge on any atom is 0.260 e. The molecular formula is C24H25Cl2N5O6. The topological polar surface area (TPSA) is 137 Å². The summed E-state index contributed by atoms with van der Waals surface area (Å²) in [5.41, 5.74) is 0.191. The van der Waals surface area contributed by atoms with Gasteiger partial charge < -0.3 is 30.0 Å². The number of halogens is 2. The molecule has 1 fully saturated rings. The zero-order valence-corrected chi connectivity index (χ0v) is 21.6. The van der Waals surface area contributed by atoms with Crippen molar-refractivity contribution in [2.75, 3.05) is 39.4 Å². The van der Waals surface area contributed by atoms with Crippen molar-refractivity contribution < 1.29 is 24.1 Å². The minimum absolute atomic E-state index is 0.0411. The van der Waals surface area contributed by atoms with E-state index in [1.807, 2.05) is 0 Å². The molecule has 2 aromatic heterocycles. The Hall–Kier alpha value is -3.38. The van der Waals surface area contributed by atoms with Crippen molar-refractivity contribution in [3.8, 4) is 22.6 Å². The van der Waals surface area contributed by atoms with Crippen LogP contribution in [0.1, 0.15) is 0 Å². The average molecular weight is 550 g/mol. The van der Waals surface area contributed by atoms with Crippen LogP contribution in [-0.2, 0) is 16.1 Å². The number of rotatable bonds is 9. The molecule has 37 heavy (non-hydrogen) atoms. The van der Waals surface area contributed by atoms with Crippen molar-refractivity contribution in [1.82, 2.24) is 19.9 Å². The number of aliphatic hydroxyl groups is 1. The highest BCUT2D eigenvalue weighted by Gasteiger charge is 2.30. The highest BCUT2D eigenvalue weighted by Crippen LogP contribution is 2.45. The molecule has 3 heterocycles. The fourth-order valence-electron chi connectivity index (χ4n) is 4.08. The van der Waals surface area contributed by atoms with Gasteiger partial charge in [0.2, 0.25) is 11.9 Å². The largest absolute Gasteiger partial charge is 0.495 e. The van der Waals surface area contributed by atoms with E-state index in [-0.39, 0.29) is 75.4 Å². The highest BCUT2D eigenvalue weighted by atomic mass is 35.5. The predicted octanol–water partition coefficient (Wildman–Crippen LogP) is 2.26. The third kappa shape index (κ3) is 5.21. The van der Waals surface area contributed by atoms with Gasteiger partial charge in [0.05, 0.1) is 68.3 Å². The Balaban J connectivity index is 1.81. The molecule has 3 aromatic rings. The summed E-state index contributed by atoms with van der Waals surface area (Å²) >= 11 is 13.1. The van der Waals surface area contributed by atoms with E-state index >= 15 is 0 Å². The van der Waals surface area contributed by atoms with Gasteiger partial charge in [0.15, 0.2) is 0 Å². The van der Waals surface area contributed by atoms with Gasteiger partial charge in [-0.1, -0.05) is 29.8 Å². The van der Waals surface area contributed by atoms with Crippen LogP contribution in [0.3, 0.4) is 0 Å². The number of carbonyl (C=O) groups is 1. The van der Waals surface area contributed by atoms with Crippen LogP contribution < -0.4 is 25.7 Å². The molecule has 13 heteroatoms. The lowest BCUT2D eigenvalue weighted by Gasteiger charge is -2.20.